The Morgan fingerprint density at radius 3 is 2.54 bits per heavy atom. The molecule has 0 aliphatic carbocycles. The SMILES string of the molecule is Cc1cc(C(=O)Nc2nnc(-c3ccccn3)s2)cc(S(=O)(=O)N(C)C)c1C. The van der Waals surface area contributed by atoms with Crippen LogP contribution in [0.5, 0.6) is 0 Å². The average Bonchev–Trinajstić information content (AvgIpc) is 3.12. The fourth-order valence-corrected chi connectivity index (χ4v) is 4.39. The first-order valence-corrected chi connectivity index (χ1v) is 10.6. The van der Waals surface area contributed by atoms with Crippen LogP contribution in [-0.4, -0.2) is 47.9 Å². The van der Waals surface area contributed by atoms with E-state index in [0.29, 0.717) is 27.0 Å². The number of nitrogens with one attached hydrogen (secondary N) is 1. The van der Waals surface area contributed by atoms with Gasteiger partial charge >= 0.3 is 0 Å². The number of hydrogen-bond donors (Lipinski definition) is 1. The zero-order valence-electron chi connectivity index (χ0n) is 15.8. The molecule has 1 aromatic carbocycles. The molecular weight excluding hydrogens is 398 g/mol. The van der Waals surface area contributed by atoms with Crippen LogP contribution in [-0.2, 0) is 10.0 Å². The molecule has 28 heavy (non-hydrogen) atoms. The summed E-state index contributed by atoms with van der Waals surface area (Å²) >= 11 is 1.19. The first kappa shape index (κ1) is 20.1. The molecule has 0 spiro atoms. The molecule has 0 fully saturated rings. The van der Waals surface area contributed by atoms with E-state index in [4.69, 9.17) is 0 Å². The van der Waals surface area contributed by atoms with Gasteiger partial charge in [0.05, 0.1) is 4.90 Å². The number of carbonyl (C=O) groups is 1. The minimum Gasteiger partial charge on any atom is -0.296 e. The summed E-state index contributed by atoms with van der Waals surface area (Å²) in [5.74, 6) is -0.456. The summed E-state index contributed by atoms with van der Waals surface area (Å²) < 4.78 is 26.3. The van der Waals surface area contributed by atoms with E-state index in [2.05, 4.69) is 20.5 Å². The quantitative estimate of drug-likeness (QED) is 0.684. The number of aryl methyl sites for hydroxylation is 1. The average molecular weight is 418 g/mol. The molecule has 0 unspecified atom stereocenters. The number of carbonyl (C=O) groups excluding carboxylic acids is 1. The topological polar surface area (TPSA) is 105 Å². The first-order chi connectivity index (χ1) is 13.2. The van der Waals surface area contributed by atoms with Crippen LogP contribution in [0.15, 0.2) is 41.4 Å². The third-order valence-corrected chi connectivity index (χ3v) is 6.97. The Bertz CT molecular complexity index is 1130. The monoisotopic (exact) mass is 417 g/mol. The van der Waals surface area contributed by atoms with Crippen molar-refractivity contribution in [1.82, 2.24) is 19.5 Å². The van der Waals surface area contributed by atoms with E-state index in [9.17, 15) is 13.2 Å². The van der Waals surface area contributed by atoms with Gasteiger partial charge in [0.2, 0.25) is 15.2 Å². The number of aromatic nitrogens is 3. The molecule has 3 rings (SSSR count). The van der Waals surface area contributed by atoms with Crippen molar-refractivity contribution in [3.8, 4) is 10.7 Å². The Kier molecular flexibility index (Phi) is 5.54. The Morgan fingerprint density at radius 2 is 1.89 bits per heavy atom. The first-order valence-electron chi connectivity index (χ1n) is 8.30. The van der Waals surface area contributed by atoms with Crippen LogP contribution >= 0.6 is 11.3 Å². The summed E-state index contributed by atoms with van der Waals surface area (Å²) in [5.41, 5.74) is 2.21. The number of nitrogens with zero attached hydrogens (tertiary/aromatic N) is 4. The highest BCUT2D eigenvalue weighted by Gasteiger charge is 2.23. The largest absolute Gasteiger partial charge is 0.296 e. The third kappa shape index (κ3) is 3.93. The summed E-state index contributed by atoms with van der Waals surface area (Å²) in [6.45, 7) is 3.49. The standard InChI is InChI=1S/C18H19N5O3S2/c1-11-9-13(10-15(12(11)2)28(25,26)23(3)4)16(24)20-18-22-21-17(27-18)14-7-5-6-8-19-14/h5-10H,1-4H3,(H,20,22,24). The highest BCUT2D eigenvalue weighted by atomic mass is 32.2. The van der Waals surface area contributed by atoms with Crippen molar-refractivity contribution in [2.75, 3.05) is 19.4 Å². The molecule has 1 amide bonds. The van der Waals surface area contributed by atoms with Gasteiger partial charge in [-0.1, -0.05) is 17.4 Å². The molecule has 2 aromatic heterocycles. The summed E-state index contributed by atoms with van der Waals surface area (Å²) in [6, 6.07) is 8.47. The van der Waals surface area contributed by atoms with Crippen molar-refractivity contribution < 1.29 is 13.2 Å². The van der Waals surface area contributed by atoms with Crippen LogP contribution in [0, 0.1) is 13.8 Å². The molecule has 0 saturated carbocycles. The van der Waals surface area contributed by atoms with Gasteiger partial charge in [-0.2, -0.15) is 0 Å². The highest BCUT2D eigenvalue weighted by molar-refractivity contribution is 7.89. The fourth-order valence-electron chi connectivity index (χ4n) is 2.46. The van der Waals surface area contributed by atoms with E-state index in [0.717, 1.165) is 4.31 Å². The second-order valence-electron chi connectivity index (χ2n) is 6.29. The number of anilines is 1. The van der Waals surface area contributed by atoms with Crippen LogP contribution in [0.1, 0.15) is 21.5 Å². The van der Waals surface area contributed by atoms with Crippen molar-refractivity contribution in [1.29, 1.82) is 0 Å². The molecule has 0 atom stereocenters. The number of sulfonamides is 1. The Morgan fingerprint density at radius 1 is 1.14 bits per heavy atom. The summed E-state index contributed by atoms with van der Waals surface area (Å²) in [7, 11) is -0.760. The molecule has 10 heteroatoms. The molecular formula is C18H19N5O3S2. The zero-order chi connectivity index (χ0) is 20.5. The minimum absolute atomic E-state index is 0.106. The van der Waals surface area contributed by atoms with E-state index >= 15 is 0 Å². The van der Waals surface area contributed by atoms with E-state index in [1.54, 1.807) is 38.2 Å². The van der Waals surface area contributed by atoms with Crippen molar-refractivity contribution in [2.45, 2.75) is 18.7 Å². The second kappa shape index (κ2) is 7.74. The maximum Gasteiger partial charge on any atom is 0.257 e. The van der Waals surface area contributed by atoms with Gasteiger partial charge < -0.3 is 0 Å². The van der Waals surface area contributed by atoms with E-state index in [1.165, 1.54) is 31.5 Å². The van der Waals surface area contributed by atoms with Crippen molar-refractivity contribution in [3.05, 3.63) is 53.2 Å². The number of pyridine rings is 1. The molecule has 3 aromatic rings. The summed E-state index contributed by atoms with van der Waals surface area (Å²) in [4.78, 5) is 17.0. The molecule has 0 radical (unpaired) electrons. The Hall–Kier alpha value is -2.69. The number of hydrogen-bond acceptors (Lipinski definition) is 7. The highest BCUT2D eigenvalue weighted by Crippen LogP contribution is 2.26. The molecule has 0 saturated heterocycles. The van der Waals surface area contributed by atoms with Crippen molar-refractivity contribution >= 4 is 32.4 Å². The zero-order valence-corrected chi connectivity index (χ0v) is 17.4. The number of rotatable bonds is 5. The van der Waals surface area contributed by atoms with Crippen molar-refractivity contribution in [2.24, 2.45) is 0 Å². The van der Waals surface area contributed by atoms with Gasteiger partial charge in [-0.15, -0.1) is 10.2 Å². The third-order valence-electron chi connectivity index (χ3n) is 4.17. The lowest BCUT2D eigenvalue weighted by molar-refractivity contribution is 0.102. The molecule has 8 nitrogen and oxygen atoms in total. The minimum atomic E-state index is -3.67. The predicted octanol–water partition coefficient (Wildman–Crippen LogP) is 2.72. The Balaban J connectivity index is 1.90. The normalized spacial score (nSPS) is 11.6. The van der Waals surface area contributed by atoms with Crippen molar-refractivity contribution in [3.63, 3.8) is 0 Å². The van der Waals surface area contributed by atoms with E-state index in [1.807, 2.05) is 6.07 Å². The lowest BCUT2D eigenvalue weighted by Gasteiger charge is -2.16. The van der Waals surface area contributed by atoms with Gasteiger partial charge in [0, 0.05) is 25.9 Å². The van der Waals surface area contributed by atoms with Crippen LogP contribution in [0.4, 0.5) is 5.13 Å². The van der Waals surface area contributed by atoms with Gasteiger partial charge in [0.1, 0.15) is 5.69 Å². The van der Waals surface area contributed by atoms with Crippen LogP contribution in [0.3, 0.4) is 0 Å². The van der Waals surface area contributed by atoms with Crippen LogP contribution in [0.25, 0.3) is 10.7 Å². The Labute approximate surface area is 167 Å². The van der Waals surface area contributed by atoms with Gasteiger partial charge in [-0.05, 0) is 49.2 Å². The molecule has 1 N–H and O–H groups in total. The second-order valence-corrected chi connectivity index (χ2v) is 9.38. The summed E-state index contributed by atoms with van der Waals surface area (Å²) in [6.07, 6.45) is 1.65. The number of amides is 1. The van der Waals surface area contributed by atoms with Crippen LogP contribution in [0.2, 0.25) is 0 Å². The predicted molar refractivity (Wildman–Crippen MR) is 108 cm³/mol. The molecule has 0 aliphatic heterocycles. The van der Waals surface area contributed by atoms with E-state index in [-0.39, 0.29) is 10.5 Å². The van der Waals surface area contributed by atoms with Gasteiger partial charge in [0.25, 0.3) is 5.91 Å². The lowest BCUT2D eigenvalue weighted by atomic mass is 10.1. The van der Waals surface area contributed by atoms with Gasteiger partial charge in [-0.25, -0.2) is 12.7 Å². The molecule has 2 heterocycles. The fraction of sp³-hybridized carbons (Fsp3) is 0.222. The number of benzene rings is 1. The van der Waals surface area contributed by atoms with Gasteiger partial charge in [-0.3, -0.25) is 15.1 Å². The molecule has 0 aliphatic rings. The van der Waals surface area contributed by atoms with E-state index < -0.39 is 15.9 Å². The lowest BCUT2D eigenvalue weighted by Crippen LogP contribution is -2.24. The smallest absolute Gasteiger partial charge is 0.257 e. The van der Waals surface area contributed by atoms with Crippen LogP contribution < -0.4 is 5.32 Å². The summed E-state index contributed by atoms with van der Waals surface area (Å²) in [5, 5.41) is 11.6. The maximum atomic E-state index is 12.7. The molecule has 0 bridgehead atoms. The molecule has 146 valence electrons. The van der Waals surface area contributed by atoms with Gasteiger partial charge in [0.15, 0.2) is 5.01 Å². The maximum absolute atomic E-state index is 12.7.